The predicted octanol–water partition coefficient (Wildman–Crippen LogP) is 9.70. The fourth-order valence-electron chi connectivity index (χ4n) is 6.29. The van der Waals surface area contributed by atoms with E-state index in [1.54, 1.807) is 0 Å². The molecule has 1 fully saturated rings. The molecule has 1 aliphatic heterocycles. The minimum atomic E-state index is 0.443. The fourth-order valence-corrected chi connectivity index (χ4v) is 6.29. The van der Waals surface area contributed by atoms with Gasteiger partial charge in [-0.1, -0.05) is 144 Å². The highest BCUT2D eigenvalue weighted by molar-refractivity contribution is 4.97. The first-order chi connectivity index (χ1) is 17.7. The summed E-state index contributed by atoms with van der Waals surface area (Å²) in [4.78, 5) is 0. The highest BCUT2D eigenvalue weighted by Crippen LogP contribution is 2.29. The molecule has 1 aliphatic rings. The lowest BCUT2D eigenvalue weighted by Gasteiger charge is -2.29. The Bertz CT molecular complexity index is 442. The van der Waals surface area contributed by atoms with Gasteiger partial charge in [0.05, 0.1) is 12.3 Å². The van der Waals surface area contributed by atoms with Gasteiger partial charge in [-0.25, -0.2) is 0 Å². The molecule has 0 amide bonds. The fraction of sp³-hybridized carbons (Fsp3) is 1.00. The minimum Gasteiger partial charge on any atom is -0.301 e. The van der Waals surface area contributed by atoms with Gasteiger partial charge in [-0.05, 0) is 50.5 Å². The largest absolute Gasteiger partial charge is 0.301 e. The van der Waals surface area contributed by atoms with E-state index in [2.05, 4.69) is 50.6 Å². The van der Waals surface area contributed by atoms with E-state index in [0.29, 0.717) is 18.4 Å². The standard InChI is InChI=1S/C33H69N3/c1-6-11-16-20-25-29(24-19-14-9-4)31-33(34-28-23-15-10-5)36-32(35-31)30(26-21-17-12-7-2)27-22-18-13-8-3/h29-36H,6-28H2,1-5H3. The van der Waals surface area contributed by atoms with Gasteiger partial charge in [-0.2, -0.15) is 0 Å². The summed E-state index contributed by atoms with van der Waals surface area (Å²) in [6.45, 7) is 12.8. The third kappa shape index (κ3) is 15.3. The second-order valence-corrected chi connectivity index (χ2v) is 12.0. The second-order valence-electron chi connectivity index (χ2n) is 12.0. The van der Waals surface area contributed by atoms with E-state index in [0.717, 1.165) is 18.4 Å². The van der Waals surface area contributed by atoms with E-state index < -0.39 is 0 Å². The first-order valence-corrected chi connectivity index (χ1v) is 17.0. The van der Waals surface area contributed by atoms with Crippen LogP contribution < -0.4 is 16.0 Å². The van der Waals surface area contributed by atoms with Crippen LogP contribution in [0.4, 0.5) is 0 Å². The van der Waals surface area contributed by atoms with Gasteiger partial charge in [0.2, 0.25) is 0 Å². The summed E-state index contributed by atoms with van der Waals surface area (Å²) in [6, 6.07) is 0.587. The third-order valence-electron chi connectivity index (χ3n) is 8.68. The van der Waals surface area contributed by atoms with Crippen molar-refractivity contribution in [1.82, 2.24) is 16.0 Å². The van der Waals surface area contributed by atoms with Crippen LogP contribution in [0.5, 0.6) is 0 Å². The molecule has 0 aromatic rings. The second kappa shape index (κ2) is 24.0. The number of hydrogen-bond acceptors (Lipinski definition) is 3. The van der Waals surface area contributed by atoms with Crippen LogP contribution in [-0.4, -0.2) is 24.9 Å². The maximum Gasteiger partial charge on any atom is 0.0745 e. The molecule has 4 unspecified atom stereocenters. The molecule has 3 nitrogen and oxygen atoms in total. The zero-order valence-electron chi connectivity index (χ0n) is 25.7. The maximum atomic E-state index is 4.26. The molecule has 3 heteroatoms. The van der Waals surface area contributed by atoms with Crippen molar-refractivity contribution < 1.29 is 0 Å². The zero-order chi connectivity index (χ0) is 26.3. The first kappa shape index (κ1) is 33.9. The van der Waals surface area contributed by atoms with Gasteiger partial charge < -0.3 is 5.32 Å². The predicted molar refractivity (Wildman–Crippen MR) is 163 cm³/mol. The van der Waals surface area contributed by atoms with Gasteiger partial charge in [-0.3, -0.25) is 10.6 Å². The summed E-state index contributed by atoms with van der Waals surface area (Å²) in [5, 5.41) is 12.4. The van der Waals surface area contributed by atoms with E-state index in [4.69, 9.17) is 0 Å². The molecule has 0 saturated carbocycles. The van der Waals surface area contributed by atoms with Crippen molar-refractivity contribution in [2.45, 2.75) is 194 Å². The molecule has 4 atom stereocenters. The van der Waals surface area contributed by atoms with Crippen molar-refractivity contribution in [2.24, 2.45) is 11.8 Å². The zero-order valence-corrected chi connectivity index (χ0v) is 25.7. The van der Waals surface area contributed by atoms with Gasteiger partial charge in [0, 0.05) is 6.04 Å². The Morgan fingerprint density at radius 2 is 0.889 bits per heavy atom. The molecule has 0 aromatic carbocycles. The van der Waals surface area contributed by atoms with Crippen LogP contribution in [0, 0.1) is 11.8 Å². The lowest BCUT2D eigenvalue weighted by Crippen LogP contribution is -2.49. The summed E-state index contributed by atoms with van der Waals surface area (Å²) in [5.74, 6) is 1.58. The molecule has 36 heavy (non-hydrogen) atoms. The van der Waals surface area contributed by atoms with Crippen LogP contribution in [0.2, 0.25) is 0 Å². The highest BCUT2D eigenvalue weighted by atomic mass is 15.3. The van der Waals surface area contributed by atoms with Gasteiger partial charge in [0.15, 0.2) is 0 Å². The van der Waals surface area contributed by atoms with E-state index in [1.165, 1.54) is 141 Å². The van der Waals surface area contributed by atoms with Crippen molar-refractivity contribution >= 4 is 0 Å². The molecule has 1 saturated heterocycles. The Labute approximate surface area is 228 Å². The molecule has 1 rings (SSSR count). The van der Waals surface area contributed by atoms with E-state index in [1.807, 2.05) is 0 Å². The van der Waals surface area contributed by atoms with Crippen LogP contribution in [0.15, 0.2) is 0 Å². The molecular formula is C33H69N3. The molecule has 0 aromatic heterocycles. The Morgan fingerprint density at radius 1 is 0.472 bits per heavy atom. The number of nitrogens with one attached hydrogen (secondary N) is 3. The van der Waals surface area contributed by atoms with Gasteiger partial charge in [0.25, 0.3) is 0 Å². The summed E-state index contributed by atoms with van der Waals surface area (Å²) < 4.78 is 0. The van der Waals surface area contributed by atoms with Crippen molar-refractivity contribution in [1.29, 1.82) is 0 Å². The Morgan fingerprint density at radius 3 is 1.39 bits per heavy atom. The SMILES string of the molecule is CCCCCCC(CCCCCC)C1NC(NCCCCC)C(C(CCCCC)CCCCCC)N1. The average Bonchev–Trinajstić information content (AvgIpc) is 3.31. The van der Waals surface area contributed by atoms with Crippen molar-refractivity contribution in [2.75, 3.05) is 6.54 Å². The van der Waals surface area contributed by atoms with Crippen LogP contribution in [0.1, 0.15) is 176 Å². The summed E-state index contributed by atoms with van der Waals surface area (Å²) in [6.07, 6.45) is 31.3. The van der Waals surface area contributed by atoms with Crippen molar-refractivity contribution in [3.63, 3.8) is 0 Å². The van der Waals surface area contributed by atoms with Crippen molar-refractivity contribution in [3.8, 4) is 0 Å². The lowest BCUT2D eigenvalue weighted by molar-refractivity contribution is 0.264. The number of unbranched alkanes of at least 4 members (excludes halogenated alkanes) is 13. The number of hydrogen-bond donors (Lipinski definition) is 3. The monoisotopic (exact) mass is 508 g/mol. The quantitative estimate of drug-likeness (QED) is 0.102. The Kier molecular flexibility index (Phi) is 22.6. The van der Waals surface area contributed by atoms with Gasteiger partial charge in [0.1, 0.15) is 0 Å². The van der Waals surface area contributed by atoms with E-state index >= 15 is 0 Å². The Balaban J connectivity index is 2.90. The maximum absolute atomic E-state index is 4.26. The highest BCUT2D eigenvalue weighted by Gasteiger charge is 2.39. The summed E-state index contributed by atoms with van der Waals surface area (Å²) >= 11 is 0. The number of rotatable bonds is 26. The van der Waals surface area contributed by atoms with E-state index in [-0.39, 0.29) is 0 Å². The summed E-state index contributed by atoms with van der Waals surface area (Å²) in [5.41, 5.74) is 0. The molecule has 1 heterocycles. The van der Waals surface area contributed by atoms with Crippen LogP contribution >= 0.6 is 0 Å². The Hall–Kier alpha value is -0.120. The smallest absolute Gasteiger partial charge is 0.0745 e. The van der Waals surface area contributed by atoms with E-state index in [9.17, 15) is 0 Å². The van der Waals surface area contributed by atoms with Crippen LogP contribution in [0.3, 0.4) is 0 Å². The molecule has 0 radical (unpaired) electrons. The average molecular weight is 508 g/mol. The lowest BCUT2D eigenvalue weighted by atomic mass is 9.87. The van der Waals surface area contributed by atoms with Crippen molar-refractivity contribution in [3.05, 3.63) is 0 Å². The summed E-state index contributed by atoms with van der Waals surface area (Å²) in [7, 11) is 0. The topological polar surface area (TPSA) is 36.1 Å². The molecule has 0 aliphatic carbocycles. The van der Waals surface area contributed by atoms with Crippen LogP contribution in [-0.2, 0) is 0 Å². The molecule has 3 N–H and O–H groups in total. The minimum absolute atomic E-state index is 0.443. The van der Waals surface area contributed by atoms with Gasteiger partial charge >= 0.3 is 0 Å². The first-order valence-electron chi connectivity index (χ1n) is 17.0. The molecular weight excluding hydrogens is 438 g/mol. The normalized spacial score (nSPS) is 21.0. The van der Waals surface area contributed by atoms with Gasteiger partial charge in [-0.15, -0.1) is 0 Å². The molecule has 216 valence electrons. The molecule has 0 bridgehead atoms. The third-order valence-corrected chi connectivity index (χ3v) is 8.68. The molecule has 0 spiro atoms. The van der Waals surface area contributed by atoms with Crippen LogP contribution in [0.25, 0.3) is 0 Å².